The molecule has 2 aromatic carbocycles. The Hall–Kier alpha value is -3.44. The van der Waals surface area contributed by atoms with Crippen LogP contribution in [0, 0.1) is 29.9 Å². The lowest BCUT2D eigenvalue weighted by atomic mass is 10.1. The van der Waals surface area contributed by atoms with Gasteiger partial charge in [0.05, 0.1) is 6.21 Å². The standard InChI is InChI=1S/C20H19N5O2S/c1-14-3-8-18(15(2)11-14)27-13-19-23-24-20(28)25(19)22-12-16-4-6-17(7-5-16)26-10-9-21/h3-8,11-12H,10,13H2,1-2H3,(H,24,28)/b22-12-. The zero-order valence-corrected chi connectivity index (χ0v) is 16.4. The summed E-state index contributed by atoms with van der Waals surface area (Å²) in [6, 6.07) is 15.2. The third kappa shape index (κ3) is 4.84. The fraction of sp³-hybridized carbons (Fsp3) is 0.200. The predicted molar refractivity (Wildman–Crippen MR) is 108 cm³/mol. The van der Waals surface area contributed by atoms with Crippen molar-refractivity contribution in [3.63, 3.8) is 0 Å². The molecule has 0 bridgehead atoms. The van der Waals surface area contributed by atoms with Crippen molar-refractivity contribution < 1.29 is 9.47 Å². The highest BCUT2D eigenvalue weighted by molar-refractivity contribution is 7.71. The minimum Gasteiger partial charge on any atom is -0.485 e. The number of aromatic amines is 1. The number of H-pyrrole nitrogens is 1. The van der Waals surface area contributed by atoms with E-state index in [1.165, 1.54) is 10.2 Å². The number of hydrogen-bond donors (Lipinski definition) is 1. The number of nitrogens with one attached hydrogen (secondary N) is 1. The molecule has 7 nitrogen and oxygen atoms in total. The Morgan fingerprint density at radius 2 is 2.00 bits per heavy atom. The van der Waals surface area contributed by atoms with Crippen molar-refractivity contribution in [3.8, 4) is 17.6 Å². The van der Waals surface area contributed by atoms with Crippen molar-refractivity contribution in [2.45, 2.75) is 20.5 Å². The molecule has 0 spiro atoms. The predicted octanol–water partition coefficient (Wildman–Crippen LogP) is 3.92. The summed E-state index contributed by atoms with van der Waals surface area (Å²) < 4.78 is 13.0. The Kier molecular flexibility index (Phi) is 6.19. The van der Waals surface area contributed by atoms with Gasteiger partial charge in [-0.1, -0.05) is 17.7 Å². The maximum atomic E-state index is 8.54. The third-order valence-corrected chi connectivity index (χ3v) is 4.17. The first kappa shape index (κ1) is 19.3. The first-order valence-corrected chi connectivity index (χ1v) is 8.98. The van der Waals surface area contributed by atoms with Gasteiger partial charge < -0.3 is 9.47 Å². The number of aromatic nitrogens is 3. The minimum atomic E-state index is 0.0153. The van der Waals surface area contributed by atoms with Crippen molar-refractivity contribution >= 4 is 18.4 Å². The Bertz CT molecular complexity index is 1080. The fourth-order valence-electron chi connectivity index (χ4n) is 2.53. The summed E-state index contributed by atoms with van der Waals surface area (Å²) in [6.07, 6.45) is 1.67. The number of nitrogens with zero attached hydrogens (tertiary/aromatic N) is 4. The Morgan fingerprint density at radius 1 is 1.21 bits per heavy atom. The van der Waals surface area contributed by atoms with Crippen LogP contribution in [0.4, 0.5) is 0 Å². The van der Waals surface area contributed by atoms with E-state index in [0.717, 1.165) is 16.9 Å². The molecule has 1 heterocycles. The van der Waals surface area contributed by atoms with Gasteiger partial charge in [-0.3, -0.25) is 0 Å². The molecule has 0 saturated carbocycles. The molecule has 3 rings (SSSR count). The van der Waals surface area contributed by atoms with Crippen LogP contribution in [0.5, 0.6) is 11.5 Å². The second kappa shape index (κ2) is 8.97. The normalized spacial score (nSPS) is 10.8. The summed E-state index contributed by atoms with van der Waals surface area (Å²) in [5.74, 6) is 1.99. The molecule has 0 unspecified atom stereocenters. The largest absolute Gasteiger partial charge is 0.485 e. The van der Waals surface area contributed by atoms with E-state index in [-0.39, 0.29) is 13.2 Å². The van der Waals surface area contributed by atoms with Crippen LogP contribution in [0.1, 0.15) is 22.5 Å². The van der Waals surface area contributed by atoms with Crippen LogP contribution in [-0.4, -0.2) is 27.7 Å². The Balaban J connectivity index is 1.71. The van der Waals surface area contributed by atoms with Crippen LogP contribution in [0.3, 0.4) is 0 Å². The van der Waals surface area contributed by atoms with Crippen molar-refractivity contribution in [2.75, 3.05) is 6.61 Å². The molecule has 0 radical (unpaired) electrons. The van der Waals surface area contributed by atoms with Gasteiger partial charge >= 0.3 is 0 Å². The molecule has 1 aromatic heterocycles. The van der Waals surface area contributed by atoms with Gasteiger partial charge in [-0.25, -0.2) is 5.10 Å². The molecule has 0 fully saturated rings. The van der Waals surface area contributed by atoms with Crippen molar-refractivity contribution in [1.82, 2.24) is 14.9 Å². The van der Waals surface area contributed by atoms with Gasteiger partial charge in [0, 0.05) is 0 Å². The van der Waals surface area contributed by atoms with E-state index in [0.29, 0.717) is 16.3 Å². The topological polar surface area (TPSA) is 88.2 Å². The van der Waals surface area contributed by atoms with Gasteiger partial charge in [-0.15, -0.1) is 0 Å². The molecule has 0 aliphatic carbocycles. The third-order valence-electron chi connectivity index (χ3n) is 3.91. The summed E-state index contributed by atoms with van der Waals surface area (Å²) in [5, 5.41) is 19.9. The minimum absolute atomic E-state index is 0.0153. The van der Waals surface area contributed by atoms with Crippen LogP contribution in [0.25, 0.3) is 0 Å². The van der Waals surface area contributed by atoms with E-state index in [4.69, 9.17) is 27.0 Å². The average molecular weight is 393 g/mol. The molecule has 1 N–H and O–H groups in total. The molecule has 28 heavy (non-hydrogen) atoms. The maximum Gasteiger partial charge on any atom is 0.216 e. The molecule has 0 atom stereocenters. The molecular formula is C20H19N5O2S. The van der Waals surface area contributed by atoms with E-state index in [1.54, 1.807) is 18.3 Å². The first-order valence-electron chi connectivity index (χ1n) is 8.57. The quantitative estimate of drug-likeness (QED) is 0.485. The number of benzene rings is 2. The number of ether oxygens (including phenoxy) is 2. The number of hydrogen-bond acceptors (Lipinski definition) is 6. The van der Waals surface area contributed by atoms with E-state index in [9.17, 15) is 0 Å². The van der Waals surface area contributed by atoms with Gasteiger partial charge in [0.1, 0.15) is 24.2 Å². The van der Waals surface area contributed by atoms with Gasteiger partial charge in [-0.05, 0) is 67.5 Å². The van der Waals surface area contributed by atoms with E-state index in [1.807, 2.05) is 44.2 Å². The Morgan fingerprint density at radius 3 is 2.71 bits per heavy atom. The highest BCUT2D eigenvalue weighted by Crippen LogP contribution is 2.19. The highest BCUT2D eigenvalue weighted by atomic mass is 32.1. The molecule has 0 saturated heterocycles. The maximum absolute atomic E-state index is 8.54. The Labute approximate surface area is 167 Å². The molecule has 0 aliphatic heterocycles. The summed E-state index contributed by atoms with van der Waals surface area (Å²) in [5.41, 5.74) is 3.10. The van der Waals surface area contributed by atoms with E-state index >= 15 is 0 Å². The molecule has 142 valence electrons. The van der Waals surface area contributed by atoms with Gasteiger partial charge in [0.2, 0.25) is 4.77 Å². The number of aryl methyl sites for hydroxylation is 2. The van der Waals surface area contributed by atoms with Crippen LogP contribution < -0.4 is 9.47 Å². The van der Waals surface area contributed by atoms with E-state index in [2.05, 4.69) is 21.4 Å². The molecule has 0 aliphatic rings. The number of nitriles is 1. The lowest BCUT2D eigenvalue weighted by Gasteiger charge is -2.09. The molecule has 3 aromatic rings. The van der Waals surface area contributed by atoms with Crippen LogP contribution in [-0.2, 0) is 6.61 Å². The second-order valence-corrected chi connectivity index (χ2v) is 6.46. The highest BCUT2D eigenvalue weighted by Gasteiger charge is 2.07. The fourth-order valence-corrected chi connectivity index (χ4v) is 2.73. The second-order valence-electron chi connectivity index (χ2n) is 6.07. The van der Waals surface area contributed by atoms with E-state index < -0.39 is 0 Å². The molecule has 8 heteroatoms. The van der Waals surface area contributed by atoms with Crippen molar-refractivity contribution in [1.29, 1.82) is 5.26 Å². The SMILES string of the molecule is Cc1ccc(OCc2n[nH]c(=S)n2/N=C\c2ccc(OCC#N)cc2)c(C)c1. The first-order chi connectivity index (χ1) is 13.6. The summed E-state index contributed by atoms with van der Waals surface area (Å²) in [4.78, 5) is 0. The summed E-state index contributed by atoms with van der Waals surface area (Å²) in [6.45, 7) is 4.29. The van der Waals surface area contributed by atoms with Crippen LogP contribution in [0.2, 0.25) is 0 Å². The number of rotatable bonds is 7. The van der Waals surface area contributed by atoms with Gasteiger partial charge in [-0.2, -0.15) is 20.1 Å². The lowest BCUT2D eigenvalue weighted by Crippen LogP contribution is -2.05. The zero-order valence-electron chi connectivity index (χ0n) is 15.5. The molecule has 0 amide bonds. The lowest BCUT2D eigenvalue weighted by molar-refractivity contribution is 0.288. The molecular weight excluding hydrogens is 374 g/mol. The monoisotopic (exact) mass is 393 g/mol. The van der Waals surface area contributed by atoms with Gasteiger partial charge in [0.25, 0.3) is 0 Å². The van der Waals surface area contributed by atoms with Crippen molar-refractivity contribution in [2.24, 2.45) is 5.10 Å². The van der Waals surface area contributed by atoms with Crippen molar-refractivity contribution in [3.05, 3.63) is 69.8 Å². The van der Waals surface area contributed by atoms with Crippen LogP contribution >= 0.6 is 12.2 Å². The van der Waals surface area contributed by atoms with Crippen LogP contribution in [0.15, 0.2) is 47.6 Å². The summed E-state index contributed by atoms with van der Waals surface area (Å²) in [7, 11) is 0. The zero-order chi connectivity index (χ0) is 19.9. The van der Waals surface area contributed by atoms with Gasteiger partial charge in [0.15, 0.2) is 12.4 Å². The smallest absolute Gasteiger partial charge is 0.216 e. The average Bonchev–Trinajstić information content (AvgIpc) is 3.04. The summed E-state index contributed by atoms with van der Waals surface area (Å²) >= 11 is 5.26.